The van der Waals surface area contributed by atoms with Gasteiger partial charge < -0.3 is 5.32 Å². The van der Waals surface area contributed by atoms with Crippen molar-refractivity contribution in [1.29, 1.82) is 0 Å². The molecule has 9 heavy (non-hydrogen) atoms. The van der Waals surface area contributed by atoms with E-state index in [1.165, 1.54) is 0 Å². The molecule has 0 fully saturated rings. The Hall–Kier alpha value is 0.600. The zero-order chi connectivity index (χ0) is 6.83. The van der Waals surface area contributed by atoms with Crippen molar-refractivity contribution in [2.24, 2.45) is 0 Å². The summed E-state index contributed by atoms with van der Waals surface area (Å²) in [6.45, 7) is 8.38. The first-order valence-electron chi connectivity index (χ1n) is 3.14. The van der Waals surface area contributed by atoms with Crippen molar-refractivity contribution >= 4 is 25.0 Å². The molecule has 1 N–H and O–H groups in total. The number of halogens is 1. The highest BCUT2D eigenvalue weighted by Gasteiger charge is 1.62. The molecule has 3 heteroatoms. The summed E-state index contributed by atoms with van der Waals surface area (Å²) in [6.07, 6.45) is 0. The highest BCUT2D eigenvalue weighted by molar-refractivity contribution is 7.80. The van der Waals surface area contributed by atoms with Crippen molar-refractivity contribution in [3.8, 4) is 0 Å². The van der Waals surface area contributed by atoms with Gasteiger partial charge in [0.05, 0.1) is 0 Å². The van der Waals surface area contributed by atoms with Crippen molar-refractivity contribution in [3.63, 3.8) is 0 Å². The van der Waals surface area contributed by atoms with E-state index in [2.05, 4.69) is 31.8 Å². The molecule has 0 aromatic carbocycles. The van der Waals surface area contributed by atoms with Gasteiger partial charge >= 0.3 is 0 Å². The predicted molar refractivity (Wildman–Crippen MR) is 51.0 cm³/mol. The lowest BCUT2D eigenvalue weighted by Gasteiger charge is -1.86. The third kappa shape index (κ3) is 55.4. The molecule has 0 radical (unpaired) electrons. The minimum atomic E-state index is 0. The lowest BCUT2D eigenvalue weighted by molar-refractivity contribution is 0.762. The maximum absolute atomic E-state index is 3.79. The van der Waals surface area contributed by atoms with Crippen molar-refractivity contribution in [3.05, 3.63) is 0 Å². The summed E-state index contributed by atoms with van der Waals surface area (Å²) in [5, 5.41) is 3.11. The molecular weight excluding hydrogens is 154 g/mol. The van der Waals surface area contributed by atoms with Gasteiger partial charge in [0.25, 0.3) is 0 Å². The highest BCUT2D eigenvalue weighted by Crippen LogP contribution is 1.58. The normalized spacial score (nSPS) is 6.67. The summed E-state index contributed by atoms with van der Waals surface area (Å²) in [5.41, 5.74) is 0. The van der Waals surface area contributed by atoms with Gasteiger partial charge in [-0.25, -0.2) is 0 Å². The third-order valence-corrected chi connectivity index (χ3v) is 0.500. The Kier molecular flexibility index (Phi) is 42.5. The molecule has 1 nitrogen and oxygen atoms in total. The van der Waals surface area contributed by atoms with Crippen LogP contribution in [0.4, 0.5) is 0 Å². The molecule has 0 heterocycles. The first kappa shape index (κ1) is 16.3. The van der Waals surface area contributed by atoms with Crippen LogP contribution >= 0.6 is 25.0 Å². The van der Waals surface area contributed by atoms with E-state index in [1.807, 2.05) is 6.92 Å². The molecule has 0 unspecified atom stereocenters. The largest absolute Gasteiger partial charge is 0.317 e. The van der Waals surface area contributed by atoms with Gasteiger partial charge in [0, 0.05) is 0 Å². The average molecular weight is 172 g/mol. The van der Waals surface area contributed by atoms with Gasteiger partial charge in [0.1, 0.15) is 0 Å². The molecule has 0 aromatic heterocycles. The van der Waals surface area contributed by atoms with Crippen LogP contribution in [0.3, 0.4) is 0 Å². The molecule has 60 valence electrons. The first-order valence-corrected chi connectivity index (χ1v) is 3.78. The molecule has 0 aliphatic heterocycles. The molecule has 0 saturated heterocycles. The number of rotatable bonds is 2. The van der Waals surface area contributed by atoms with Gasteiger partial charge in [-0.3, -0.25) is 0 Å². The Morgan fingerprint density at radius 2 is 1.33 bits per heavy atom. The fourth-order valence-electron chi connectivity index (χ4n) is 0.250. The summed E-state index contributed by atoms with van der Waals surface area (Å²) >= 11 is 3.79. The summed E-state index contributed by atoms with van der Waals surface area (Å²) in [6, 6.07) is 0. The molecule has 0 aromatic rings. The molecule has 0 rings (SSSR count). The van der Waals surface area contributed by atoms with Crippen molar-refractivity contribution in [1.82, 2.24) is 5.32 Å². The van der Waals surface area contributed by atoms with E-state index in [0.717, 1.165) is 18.8 Å². The standard InChI is InChI=1S/C4H11N.C2H6S.ClH/c1-3-5-4-2;1-2-3;/h5H,3-4H2,1-2H3;3H,2H2,1H3;1H. The van der Waals surface area contributed by atoms with E-state index in [-0.39, 0.29) is 12.4 Å². The zero-order valence-corrected chi connectivity index (χ0v) is 8.19. The van der Waals surface area contributed by atoms with E-state index in [1.54, 1.807) is 0 Å². The van der Waals surface area contributed by atoms with Crippen LogP contribution < -0.4 is 5.32 Å². The second-order valence-electron chi connectivity index (χ2n) is 1.27. The van der Waals surface area contributed by atoms with E-state index < -0.39 is 0 Å². The summed E-state index contributed by atoms with van der Waals surface area (Å²) in [5.74, 6) is 0.944. The summed E-state index contributed by atoms with van der Waals surface area (Å²) in [7, 11) is 0. The van der Waals surface area contributed by atoms with E-state index in [9.17, 15) is 0 Å². The van der Waals surface area contributed by atoms with Gasteiger partial charge in [-0.1, -0.05) is 20.8 Å². The SMILES string of the molecule is CCNCC.CCS.Cl. The van der Waals surface area contributed by atoms with E-state index in [0.29, 0.717) is 0 Å². The highest BCUT2D eigenvalue weighted by atomic mass is 35.5. The minimum Gasteiger partial charge on any atom is -0.317 e. The van der Waals surface area contributed by atoms with Gasteiger partial charge in [-0.05, 0) is 18.8 Å². The average Bonchev–Trinajstić information content (AvgIpc) is 1.71. The second kappa shape index (κ2) is 23.5. The van der Waals surface area contributed by atoms with E-state index in [4.69, 9.17) is 0 Å². The monoisotopic (exact) mass is 171 g/mol. The maximum Gasteiger partial charge on any atom is -0.00775 e. The number of thiol groups is 1. The summed E-state index contributed by atoms with van der Waals surface area (Å²) < 4.78 is 0. The van der Waals surface area contributed by atoms with Gasteiger partial charge in [-0.2, -0.15) is 12.6 Å². The number of nitrogens with one attached hydrogen (secondary N) is 1. The molecule has 0 spiro atoms. The quantitative estimate of drug-likeness (QED) is 0.606. The van der Waals surface area contributed by atoms with E-state index >= 15 is 0 Å². The van der Waals surface area contributed by atoms with Crippen molar-refractivity contribution in [2.45, 2.75) is 20.8 Å². The molecule has 0 saturated carbocycles. The lowest BCUT2D eigenvalue weighted by atomic mass is 10.7. The molecule has 0 atom stereocenters. The molecule has 0 bridgehead atoms. The van der Waals surface area contributed by atoms with Crippen molar-refractivity contribution in [2.75, 3.05) is 18.8 Å². The summed E-state index contributed by atoms with van der Waals surface area (Å²) in [4.78, 5) is 0. The van der Waals surface area contributed by atoms with Crippen LogP contribution in [0, 0.1) is 0 Å². The fourth-order valence-corrected chi connectivity index (χ4v) is 0.250. The minimum absolute atomic E-state index is 0. The Morgan fingerprint density at radius 1 is 1.11 bits per heavy atom. The lowest BCUT2D eigenvalue weighted by Crippen LogP contribution is -2.09. The van der Waals surface area contributed by atoms with Crippen LogP contribution in [0.15, 0.2) is 0 Å². The Balaban J connectivity index is -0.0000000800. The third-order valence-electron chi connectivity index (χ3n) is 0.500. The van der Waals surface area contributed by atoms with Crippen LogP contribution in [0.5, 0.6) is 0 Å². The van der Waals surface area contributed by atoms with Gasteiger partial charge in [-0.15, -0.1) is 12.4 Å². The van der Waals surface area contributed by atoms with Crippen LogP contribution in [0.1, 0.15) is 20.8 Å². The maximum atomic E-state index is 3.79. The molecular formula is C6H18ClNS. The topological polar surface area (TPSA) is 12.0 Å². The first-order chi connectivity index (χ1) is 3.83. The van der Waals surface area contributed by atoms with Crippen LogP contribution in [-0.2, 0) is 0 Å². The Labute approximate surface area is 70.4 Å². The second-order valence-corrected chi connectivity index (χ2v) is 1.91. The van der Waals surface area contributed by atoms with Gasteiger partial charge in [0.2, 0.25) is 0 Å². The molecule has 0 aliphatic rings. The fraction of sp³-hybridized carbons (Fsp3) is 1.00. The smallest absolute Gasteiger partial charge is 0.00775 e. The molecule has 0 aliphatic carbocycles. The Bertz CT molecular complexity index is 27.0. The van der Waals surface area contributed by atoms with Gasteiger partial charge in [0.15, 0.2) is 0 Å². The molecule has 0 amide bonds. The van der Waals surface area contributed by atoms with Crippen LogP contribution in [0.2, 0.25) is 0 Å². The van der Waals surface area contributed by atoms with Crippen LogP contribution in [-0.4, -0.2) is 18.8 Å². The zero-order valence-electron chi connectivity index (χ0n) is 6.48. The number of hydrogen-bond acceptors (Lipinski definition) is 2. The number of hydrogen-bond donors (Lipinski definition) is 2. The van der Waals surface area contributed by atoms with Crippen LogP contribution in [0.25, 0.3) is 0 Å². The predicted octanol–water partition coefficient (Wildman–Crippen LogP) is 1.97. The Morgan fingerprint density at radius 3 is 1.33 bits per heavy atom. The van der Waals surface area contributed by atoms with Crippen molar-refractivity contribution < 1.29 is 0 Å².